The highest BCUT2D eigenvalue weighted by Crippen LogP contribution is 2.15. The van der Waals surface area contributed by atoms with E-state index in [4.69, 9.17) is 4.74 Å². The molecule has 0 radical (unpaired) electrons. The number of halogens is 1. The fourth-order valence-corrected chi connectivity index (χ4v) is 2.61. The Hall–Kier alpha value is -2.61. The molecule has 7 nitrogen and oxygen atoms in total. The zero-order valence-electron chi connectivity index (χ0n) is 12.4. The van der Waals surface area contributed by atoms with Gasteiger partial charge >= 0.3 is 0 Å². The molecule has 0 unspecified atom stereocenters. The van der Waals surface area contributed by atoms with Crippen LogP contribution in [0.5, 0.6) is 0 Å². The summed E-state index contributed by atoms with van der Waals surface area (Å²) in [7, 11) is 0. The van der Waals surface area contributed by atoms with Crippen molar-refractivity contribution in [3.05, 3.63) is 48.1 Å². The summed E-state index contributed by atoms with van der Waals surface area (Å²) in [5.74, 6) is 1.44. The summed E-state index contributed by atoms with van der Waals surface area (Å²) in [5, 5.41) is 13.0. The minimum atomic E-state index is -0.360. The highest BCUT2D eigenvalue weighted by Gasteiger charge is 2.15. The predicted molar refractivity (Wildman–Crippen MR) is 79.1 cm³/mol. The maximum Gasteiger partial charge on any atom is 0.154 e. The second-order valence-corrected chi connectivity index (χ2v) is 5.31. The molecule has 0 spiro atoms. The summed E-state index contributed by atoms with van der Waals surface area (Å²) in [5.41, 5.74) is 1.34. The molecular formula is C15H15FN6O. The van der Waals surface area contributed by atoms with Crippen LogP contribution in [0.3, 0.4) is 0 Å². The second kappa shape index (κ2) is 5.88. The molecule has 0 amide bonds. The topological polar surface area (TPSA) is 70.7 Å². The van der Waals surface area contributed by atoms with E-state index in [9.17, 15) is 4.39 Å². The minimum Gasteiger partial charge on any atom is -0.379 e. The Morgan fingerprint density at radius 2 is 2.09 bits per heavy atom. The van der Waals surface area contributed by atoms with Crippen molar-refractivity contribution in [2.24, 2.45) is 0 Å². The largest absolute Gasteiger partial charge is 0.379 e. The Bertz CT molecular complexity index is 810. The van der Waals surface area contributed by atoms with Crippen LogP contribution in [-0.4, -0.2) is 42.7 Å². The van der Waals surface area contributed by atoms with Crippen LogP contribution in [0.2, 0.25) is 0 Å². The van der Waals surface area contributed by atoms with Crippen molar-refractivity contribution >= 4 is 0 Å². The molecule has 0 aromatic carbocycles. The van der Waals surface area contributed by atoms with E-state index in [2.05, 4.69) is 24.8 Å². The Balaban J connectivity index is 1.56. The fraction of sp³-hybridized carbons (Fsp3) is 0.333. The molecule has 0 fully saturated rings. The zero-order valence-corrected chi connectivity index (χ0v) is 12.4. The van der Waals surface area contributed by atoms with Gasteiger partial charge in [-0.25, -0.2) is 4.39 Å². The third-order valence-corrected chi connectivity index (χ3v) is 3.77. The van der Waals surface area contributed by atoms with E-state index in [1.165, 1.54) is 12.3 Å². The molecule has 3 aromatic heterocycles. The number of hydrogen-bond acceptors (Lipinski definition) is 5. The summed E-state index contributed by atoms with van der Waals surface area (Å²) < 4.78 is 22.3. The SMILES string of the molecule is Fc1ccc(-c2ccn(Cc3nnc4n3CCOCC4)n2)nc1. The molecule has 118 valence electrons. The smallest absolute Gasteiger partial charge is 0.154 e. The number of pyridine rings is 1. The number of nitrogens with zero attached hydrogens (tertiary/aromatic N) is 6. The van der Waals surface area contributed by atoms with Crippen LogP contribution in [0.1, 0.15) is 11.6 Å². The molecule has 0 bridgehead atoms. The zero-order chi connectivity index (χ0) is 15.6. The lowest BCUT2D eigenvalue weighted by molar-refractivity contribution is 0.139. The number of aromatic nitrogens is 6. The van der Waals surface area contributed by atoms with Gasteiger partial charge in [0, 0.05) is 19.2 Å². The first-order chi connectivity index (χ1) is 11.3. The van der Waals surface area contributed by atoms with Gasteiger partial charge in [0.05, 0.1) is 25.1 Å². The van der Waals surface area contributed by atoms with Crippen LogP contribution in [-0.2, 0) is 24.2 Å². The molecule has 0 aliphatic carbocycles. The van der Waals surface area contributed by atoms with Crippen molar-refractivity contribution in [1.82, 2.24) is 29.5 Å². The van der Waals surface area contributed by atoms with Crippen molar-refractivity contribution in [3.63, 3.8) is 0 Å². The Morgan fingerprint density at radius 3 is 2.96 bits per heavy atom. The Morgan fingerprint density at radius 1 is 1.13 bits per heavy atom. The van der Waals surface area contributed by atoms with Crippen molar-refractivity contribution in [1.29, 1.82) is 0 Å². The summed E-state index contributed by atoms with van der Waals surface area (Å²) >= 11 is 0. The van der Waals surface area contributed by atoms with E-state index >= 15 is 0 Å². The summed E-state index contributed by atoms with van der Waals surface area (Å²) in [6.07, 6.45) is 3.82. The molecule has 8 heteroatoms. The first kappa shape index (κ1) is 14.0. The van der Waals surface area contributed by atoms with Gasteiger partial charge in [-0.15, -0.1) is 10.2 Å². The van der Waals surface area contributed by atoms with E-state index in [0.29, 0.717) is 31.1 Å². The van der Waals surface area contributed by atoms with Crippen molar-refractivity contribution in [2.45, 2.75) is 19.5 Å². The van der Waals surface area contributed by atoms with Gasteiger partial charge in [-0.1, -0.05) is 0 Å². The third-order valence-electron chi connectivity index (χ3n) is 3.77. The molecule has 1 aliphatic rings. The van der Waals surface area contributed by atoms with E-state index in [-0.39, 0.29) is 5.82 Å². The first-order valence-corrected chi connectivity index (χ1v) is 7.44. The van der Waals surface area contributed by atoms with Crippen molar-refractivity contribution in [3.8, 4) is 11.4 Å². The van der Waals surface area contributed by atoms with Gasteiger partial charge in [0.1, 0.15) is 23.9 Å². The highest BCUT2D eigenvalue weighted by molar-refractivity contribution is 5.52. The van der Waals surface area contributed by atoms with Gasteiger partial charge in [-0.05, 0) is 18.2 Å². The molecule has 4 heterocycles. The van der Waals surface area contributed by atoms with Crippen molar-refractivity contribution < 1.29 is 9.13 Å². The van der Waals surface area contributed by atoms with Gasteiger partial charge in [0.2, 0.25) is 0 Å². The molecule has 0 saturated carbocycles. The molecule has 3 aromatic rings. The van der Waals surface area contributed by atoms with E-state index < -0.39 is 0 Å². The fourth-order valence-electron chi connectivity index (χ4n) is 2.61. The van der Waals surface area contributed by atoms with Crippen LogP contribution in [0.4, 0.5) is 4.39 Å². The van der Waals surface area contributed by atoms with Gasteiger partial charge in [0.25, 0.3) is 0 Å². The monoisotopic (exact) mass is 314 g/mol. The number of rotatable bonds is 3. The third kappa shape index (κ3) is 2.85. The van der Waals surface area contributed by atoms with E-state index in [0.717, 1.165) is 24.6 Å². The quantitative estimate of drug-likeness (QED) is 0.729. The van der Waals surface area contributed by atoms with Gasteiger partial charge in [-0.3, -0.25) is 9.67 Å². The number of hydrogen-bond donors (Lipinski definition) is 0. The van der Waals surface area contributed by atoms with Crippen LogP contribution >= 0.6 is 0 Å². The van der Waals surface area contributed by atoms with Crippen LogP contribution in [0.25, 0.3) is 11.4 Å². The Labute approximate surface area is 131 Å². The summed E-state index contributed by atoms with van der Waals surface area (Å²) in [6, 6.07) is 4.84. The molecular weight excluding hydrogens is 299 g/mol. The molecule has 0 N–H and O–H groups in total. The van der Waals surface area contributed by atoms with Gasteiger partial charge < -0.3 is 9.30 Å². The first-order valence-electron chi connectivity index (χ1n) is 7.44. The van der Waals surface area contributed by atoms with Crippen LogP contribution in [0, 0.1) is 5.82 Å². The normalized spacial score (nSPS) is 14.5. The van der Waals surface area contributed by atoms with Crippen molar-refractivity contribution in [2.75, 3.05) is 13.2 Å². The van der Waals surface area contributed by atoms with Gasteiger partial charge in [-0.2, -0.15) is 5.10 Å². The van der Waals surface area contributed by atoms with E-state index in [1.54, 1.807) is 10.7 Å². The molecule has 4 rings (SSSR count). The Kier molecular flexibility index (Phi) is 3.58. The van der Waals surface area contributed by atoms with E-state index in [1.807, 2.05) is 12.3 Å². The molecule has 23 heavy (non-hydrogen) atoms. The lowest BCUT2D eigenvalue weighted by Gasteiger charge is -2.06. The lowest BCUT2D eigenvalue weighted by atomic mass is 10.3. The second-order valence-electron chi connectivity index (χ2n) is 5.31. The maximum atomic E-state index is 12.9. The highest BCUT2D eigenvalue weighted by atomic mass is 19.1. The summed E-state index contributed by atoms with van der Waals surface area (Å²) in [4.78, 5) is 4.04. The standard InChI is InChI=1S/C15H15FN6O/c16-11-1-2-12(17-9-11)13-3-5-21(20-13)10-15-19-18-14-4-7-23-8-6-22(14)15/h1-3,5,9H,4,6-8,10H2. The lowest BCUT2D eigenvalue weighted by Crippen LogP contribution is -2.12. The number of fused-ring (bicyclic) bond motifs is 1. The molecule has 0 saturated heterocycles. The number of ether oxygens (including phenoxy) is 1. The average molecular weight is 314 g/mol. The maximum absolute atomic E-state index is 12.9. The van der Waals surface area contributed by atoms with Crippen LogP contribution < -0.4 is 0 Å². The van der Waals surface area contributed by atoms with Gasteiger partial charge in [0.15, 0.2) is 5.82 Å². The minimum absolute atomic E-state index is 0.360. The average Bonchev–Trinajstić information content (AvgIpc) is 3.10. The van der Waals surface area contributed by atoms with Crippen LogP contribution in [0.15, 0.2) is 30.6 Å². The molecule has 1 aliphatic heterocycles. The molecule has 0 atom stereocenters. The predicted octanol–water partition coefficient (Wildman–Crippen LogP) is 1.30. The summed E-state index contributed by atoms with van der Waals surface area (Å²) in [6.45, 7) is 2.63.